The Labute approximate surface area is 97.3 Å². The molecule has 90 valence electrons. The van der Waals surface area contributed by atoms with Gasteiger partial charge in [0, 0.05) is 25.0 Å². The largest absolute Gasteiger partial charge is 0.340 e. The van der Waals surface area contributed by atoms with Crippen LogP contribution in [-0.2, 0) is 0 Å². The van der Waals surface area contributed by atoms with Gasteiger partial charge in [-0.1, -0.05) is 0 Å². The molecule has 2 aromatic heterocycles. The fraction of sp³-hybridized carbons (Fsp3) is 0.500. The first kappa shape index (κ1) is 10.6. The predicted octanol–water partition coefficient (Wildman–Crippen LogP) is 3.17. The van der Waals surface area contributed by atoms with Crippen LogP contribution in [0.1, 0.15) is 36.6 Å². The van der Waals surface area contributed by atoms with Crippen molar-refractivity contribution in [2.24, 2.45) is 0 Å². The standard InChI is InChI=1S/C12H13F2N3/c1-7-3-5-15-11-9(7)16-10(17-11)8-2-4-12(13,14)6-8/h3,5,8H,2,4,6H2,1H3,(H,15,16,17). The number of alkyl halides is 2. The summed E-state index contributed by atoms with van der Waals surface area (Å²) in [5.74, 6) is -2.05. The number of H-pyrrole nitrogens is 1. The van der Waals surface area contributed by atoms with E-state index in [1.54, 1.807) is 6.20 Å². The summed E-state index contributed by atoms with van der Waals surface area (Å²) < 4.78 is 26.3. The van der Waals surface area contributed by atoms with E-state index in [1.165, 1.54) is 0 Å². The van der Waals surface area contributed by atoms with Crippen LogP contribution >= 0.6 is 0 Å². The van der Waals surface area contributed by atoms with E-state index < -0.39 is 5.92 Å². The van der Waals surface area contributed by atoms with Crippen LogP contribution in [0.25, 0.3) is 11.2 Å². The van der Waals surface area contributed by atoms with Gasteiger partial charge in [0.15, 0.2) is 5.65 Å². The molecule has 17 heavy (non-hydrogen) atoms. The van der Waals surface area contributed by atoms with Crippen molar-refractivity contribution in [3.05, 3.63) is 23.7 Å². The van der Waals surface area contributed by atoms with Gasteiger partial charge in [-0.05, 0) is 25.0 Å². The van der Waals surface area contributed by atoms with E-state index in [4.69, 9.17) is 0 Å². The van der Waals surface area contributed by atoms with Crippen molar-refractivity contribution in [1.29, 1.82) is 0 Å². The van der Waals surface area contributed by atoms with Crippen molar-refractivity contribution in [2.75, 3.05) is 0 Å². The summed E-state index contributed by atoms with van der Waals surface area (Å²) in [5.41, 5.74) is 2.52. The minimum absolute atomic E-state index is 0.0406. The monoisotopic (exact) mass is 237 g/mol. The Hall–Kier alpha value is -1.52. The Kier molecular flexibility index (Phi) is 2.18. The lowest BCUT2D eigenvalue weighted by Crippen LogP contribution is -2.09. The van der Waals surface area contributed by atoms with Crippen molar-refractivity contribution < 1.29 is 8.78 Å². The second kappa shape index (κ2) is 3.48. The van der Waals surface area contributed by atoms with Crippen LogP contribution in [0.3, 0.4) is 0 Å². The molecule has 1 fully saturated rings. The first-order chi connectivity index (χ1) is 8.05. The third-order valence-corrected chi connectivity index (χ3v) is 3.41. The SMILES string of the molecule is Cc1ccnc2nc(C3CCC(F)(F)C3)[nH]c12. The van der Waals surface area contributed by atoms with E-state index in [2.05, 4.69) is 15.0 Å². The highest BCUT2D eigenvalue weighted by atomic mass is 19.3. The molecular weight excluding hydrogens is 224 g/mol. The maximum absolute atomic E-state index is 13.2. The fourth-order valence-corrected chi connectivity index (χ4v) is 2.43. The normalized spacial score (nSPS) is 23.4. The van der Waals surface area contributed by atoms with Crippen molar-refractivity contribution in [2.45, 2.75) is 38.0 Å². The van der Waals surface area contributed by atoms with Crippen LogP contribution < -0.4 is 0 Å². The molecule has 3 rings (SSSR count). The first-order valence-corrected chi connectivity index (χ1v) is 5.74. The smallest absolute Gasteiger partial charge is 0.248 e. The van der Waals surface area contributed by atoms with Gasteiger partial charge in [-0.25, -0.2) is 18.7 Å². The molecular formula is C12H13F2N3. The molecule has 5 heteroatoms. The van der Waals surface area contributed by atoms with Crippen molar-refractivity contribution in [1.82, 2.24) is 15.0 Å². The number of nitrogens with one attached hydrogen (secondary N) is 1. The summed E-state index contributed by atoms with van der Waals surface area (Å²) in [7, 11) is 0. The Morgan fingerprint density at radius 3 is 2.94 bits per heavy atom. The first-order valence-electron chi connectivity index (χ1n) is 5.74. The van der Waals surface area contributed by atoms with Gasteiger partial charge in [0.2, 0.25) is 5.92 Å². The number of imidazole rings is 1. The number of aromatic nitrogens is 3. The van der Waals surface area contributed by atoms with Gasteiger partial charge in [-0.3, -0.25) is 0 Å². The number of nitrogens with zero attached hydrogens (tertiary/aromatic N) is 2. The Morgan fingerprint density at radius 2 is 2.29 bits per heavy atom. The van der Waals surface area contributed by atoms with Crippen LogP contribution in [-0.4, -0.2) is 20.9 Å². The highest BCUT2D eigenvalue weighted by Gasteiger charge is 2.41. The van der Waals surface area contributed by atoms with E-state index in [-0.39, 0.29) is 18.8 Å². The number of hydrogen-bond acceptors (Lipinski definition) is 2. The third-order valence-electron chi connectivity index (χ3n) is 3.41. The van der Waals surface area contributed by atoms with Crippen molar-refractivity contribution in [3.63, 3.8) is 0 Å². The van der Waals surface area contributed by atoms with E-state index in [9.17, 15) is 8.78 Å². The molecule has 0 radical (unpaired) electrons. The van der Waals surface area contributed by atoms with Crippen LogP contribution in [0.4, 0.5) is 8.78 Å². The van der Waals surface area contributed by atoms with Crippen LogP contribution in [0.2, 0.25) is 0 Å². The number of rotatable bonds is 1. The average molecular weight is 237 g/mol. The zero-order valence-electron chi connectivity index (χ0n) is 9.50. The maximum atomic E-state index is 13.2. The minimum atomic E-state index is -2.54. The second-order valence-electron chi connectivity index (χ2n) is 4.74. The molecule has 1 atom stereocenters. The molecule has 1 N–H and O–H groups in total. The van der Waals surface area contributed by atoms with E-state index in [0.717, 1.165) is 11.1 Å². The number of fused-ring (bicyclic) bond motifs is 1. The maximum Gasteiger partial charge on any atom is 0.248 e. The van der Waals surface area contributed by atoms with Gasteiger partial charge < -0.3 is 4.98 Å². The molecule has 0 spiro atoms. The molecule has 0 bridgehead atoms. The molecule has 2 heterocycles. The molecule has 1 saturated carbocycles. The molecule has 1 aliphatic rings. The van der Waals surface area contributed by atoms with Gasteiger partial charge in [-0.15, -0.1) is 0 Å². The third kappa shape index (κ3) is 1.79. The number of halogens is 2. The lowest BCUT2D eigenvalue weighted by molar-refractivity contribution is 0.00756. The molecule has 0 amide bonds. The molecule has 0 aliphatic heterocycles. The lowest BCUT2D eigenvalue weighted by Gasteiger charge is -2.07. The zero-order valence-corrected chi connectivity index (χ0v) is 9.50. The number of hydrogen-bond donors (Lipinski definition) is 1. The predicted molar refractivity (Wildman–Crippen MR) is 60.2 cm³/mol. The summed E-state index contributed by atoms with van der Waals surface area (Å²) in [6, 6.07) is 1.88. The Bertz CT molecular complexity index is 562. The number of aryl methyl sites for hydroxylation is 1. The summed E-state index contributed by atoms with van der Waals surface area (Å²) in [4.78, 5) is 11.6. The number of aromatic amines is 1. The fourth-order valence-electron chi connectivity index (χ4n) is 2.43. The molecule has 3 nitrogen and oxygen atoms in total. The molecule has 1 aliphatic carbocycles. The minimum Gasteiger partial charge on any atom is -0.340 e. The van der Waals surface area contributed by atoms with Crippen molar-refractivity contribution in [3.8, 4) is 0 Å². The van der Waals surface area contributed by atoms with Crippen LogP contribution in [0.5, 0.6) is 0 Å². The average Bonchev–Trinajstić information content (AvgIpc) is 2.82. The molecule has 0 saturated heterocycles. The second-order valence-corrected chi connectivity index (χ2v) is 4.74. The Balaban J connectivity index is 1.99. The summed E-state index contributed by atoms with van der Waals surface area (Å²) >= 11 is 0. The summed E-state index contributed by atoms with van der Waals surface area (Å²) in [5, 5.41) is 0. The van der Waals surface area contributed by atoms with Crippen molar-refractivity contribution >= 4 is 11.2 Å². The topological polar surface area (TPSA) is 41.6 Å². The highest BCUT2D eigenvalue weighted by Crippen LogP contribution is 2.43. The van der Waals surface area contributed by atoms with Crippen LogP contribution in [0.15, 0.2) is 12.3 Å². The van der Waals surface area contributed by atoms with Gasteiger partial charge in [0.05, 0.1) is 5.52 Å². The quantitative estimate of drug-likeness (QED) is 0.827. The van der Waals surface area contributed by atoms with E-state index >= 15 is 0 Å². The lowest BCUT2D eigenvalue weighted by atomic mass is 10.1. The summed E-state index contributed by atoms with van der Waals surface area (Å²) in [6.07, 6.45) is 2.03. The Morgan fingerprint density at radius 1 is 1.47 bits per heavy atom. The van der Waals surface area contributed by atoms with Gasteiger partial charge in [-0.2, -0.15) is 0 Å². The molecule has 1 unspecified atom stereocenters. The summed E-state index contributed by atoms with van der Waals surface area (Å²) in [6.45, 7) is 1.95. The molecule has 2 aromatic rings. The zero-order chi connectivity index (χ0) is 12.0. The van der Waals surface area contributed by atoms with Gasteiger partial charge in [0.25, 0.3) is 0 Å². The van der Waals surface area contributed by atoms with Gasteiger partial charge in [0.1, 0.15) is 5.82 Å². The highest BCUT2D eigenvalue weighted by molar-refractivity contribution is 5.74. The number of pyridine rings is 1. The molecule has 0 aromatic carbocycles. The van der Waals surface area contributed by atoms with E-state index in [1.807, 2.05) is 13.0 Å². The van der Waals surface area contributed by atoms with Gasteiger partial charge >= 0.3 is 0 Å². The van der Waals surface area contributed by atoms with Crippen LogP contribution in [0, 0.1) is 6.92 Å². The van der Waals surface area contributed by atoms with E-state index in [0.29, 0.717) is 17.9 Å².